The van der Waals surface area contributed by atoms with Gasteiger partial charge >= 0.3 is 0 Å². The number of hydrogen-bond donors (Lipinski definition) is 3. The van der Waals surface area contributed by atoms with Crippen molar-refractivity contribution in [2.24, 2.45) is 0 Å². The molecule has 1 aromatic rings. The third-order valence-corrected chi connectivity index (χ3v) is 4.88. The first kappa shape index (κ1) is 20.6. The Labute approximate surface area is 161 Å². The van der Waals surface area contributed by atoms with Crippen LogP contribution in [0.25, 0.3) is 0 Å². The van der Waals surface area contributed by atoms with Crippen molar-refractivity contribution < 1.29 is 14.4 Å². The normalized spacial score (nSPS) is 14.7. The molecule has 0 unspecified atom stereocenters. The molecule has 0 radical (unpaired) electrons. The number of thiocarbonyl (C=S) groups is 1. The molecule has 0 aliphatic carbocycles. The fourth-order valence-electron chi connectivity index (χ4n) is 3.02. The maximum absolute atomic E-state index is 12.3. The van der Waals surface area contributed by atoms with Crippen molar-refractivity contribution in [2.45, 2.75) is 20.3 Å². The number of rotatable bonds is 8. The highest BCUT2D eigenvalue weighted by atomic mass is 32.1. The summed E-state index contributed by atoms with van der Waals surface area (Å²) in [5, 5.41) is 7.03. The molecule has 0 spiro atoms. The Hall–Kier alpha value is -1.70. The largest absolute Gasteiger partial charge is 0.370 e. The average molecular weight is 380 g/mol. The van der Waals surface area contributed by atoms with Crippen LogP contribution in [-0.4, -0.2) is 68.4 Å². The number of carbonyl (C=O) groups excluding carboxylic acids is 1. The molecule has 2 rings (SSSR count). The highest BCUT2D eigenvalue weighted by Crippen LogP contribution is 2.11. The van der Waals surface area contributed by atoms with Crippen molar-refractivity contribution in [3.05, 3.63) is 29.8 Å². The standard InChI is InChI=1S/C19H30N4O2S/c1-3-23(4-2)18(24)16-6-8-17(9-7-16)21-19(26)20-10-5-11-22-12-14-25-15-13-22/h6-9H,3-5,10-15H2,1-2H3,(H2,20,21,26)/p+1. The van der Waals surface area contributed by atoms with Crippen LogP contribution in [0.5, 0.6) is 0 Å². The van der Waals surface area contributed by atoms with E-state index in [1.807, 2.05) is 43.0 Å². The summed E-state index contributed by atoms with van der Waals surface area (Å²) in [6.45, 7) is 11.3. The summed E-state index contributed by atoms with van der Waals surface area (Å²) in [5.41, 5.74) is 1.59. The van der Waals surface area contributed by atoms with Crippen molar-refractivity contribution in [3.8, 4) is 0 Å². The molecule has 3 N–H and O–H groups in total. The second-order valence-electron chi connectivity index (χ2n) is 6.40. The Bertz CT molecular complexity index is 569. The highest BCUT2D eigenvalue weighted by molar-refractivity contribution is 7.80. The van der Waals surface area contributed by atoms with E-state index in [4.69, 9.17) is 17.0 Å². The molecule has 1 saturated heterocycles. The fraction of sp³-hybridized carbons (Fsp3) is 0.579. The Kier molecular flexibility index (Phi) is 8.80. The van der Waals surface area contributed by atoms with E-state index in [2.05, 4.69) is 10.6 Å². The van der Waals surface area contributed by atoms with Crippen LogP contribution >= 0.6 is 12.2 Å². The third kappa shape index (κ3) is 6.55. The molecule has 6 nitrogen and oxygen atoms in total. The van der Waals surface area contributed by atoms with Gasteiger partial charge in [-0.05, 0) is 50.3 Å². The summed E-state index contributed by atoms with van der Waals surface area (Å²) in [7, 11) is 0. The molecule has 0 saturated carbocycles. The van der Waals surface area contributed by atoms with Gasteiger partial charge in [0.25, 0.3) is 5.91 Å². The van der Waals surface area contributed by atoms with Crippen LogP contribution in [0.4, 0.5) is 5.69 Å². The van der Waals surface area contributed by atoms with Gasteiger partial charge in [0, 0.05) is 37.3 Å². The Morgan fingerprint density at radius 3 is 2.46 bits per heavy atom. The van der Waals surface area contributed by atoms with Gasteiger partial charge in [0.1, 0.15) is 13.1 Å². The Morgan fingerprint density at radius 2 is 1.85 bits per heavy atom. The smallest absolute Gasteiger partial charge is 0.253 e. The van der Waals surface area contributed by atoms with Crippen molar-refractivity contribution in [2.75, 3.05) is 57.8 Å². The molecule has 1 amide bonds. The zero-order valence-corrected chi connectivity index (χ0v) is 16.7. The molecule has 1 aliphatic heterocycles. The second kappa shape index (κ2) is 11.1. The summed E-state index contributed by atoms with van der Waals surface area (Å²) in [4.78, 5) is 15.7. The quantitative estimate of drug-likeness (QED) is 0.460. The second-order valence-corrected chi connectivity index (χ2v) is 6.81. The fourth-order valence-corrected chi connectivity index (χ4v) is 3.24. The summed E-state index contributed by atoms with van der Waals surface area (Å²) >= 11 is 5.35. The van der Waals surface area contributed by atoms with Gasteiger partial charge in [-0.15, -0.1) is 0 Å². The van der Waals surface area contributed by atoms with Crippen LogP contribution in [0.2, 0.25) is 0 Å². The minimum absolute atomic E-state index is 0.0628. The molecule has 26 heavy (non-hydrogen) atoms. The number of carbonyl (C=O) groups is 1. The number of anilines is 1. The van der Waals surface area contributed by atoms with Crippen molar-refractivity contribution in [1.82, 2.24) is 10.2 Å². The van der Waals surface area contributed by atoms with Crippen LogP contribution in [0.1, 0.15) is 30.6 Å². The van der Waals surface area contributed by atoms with Crippen LogP contribution in [0.15, 0.2) is 24.3 Å². The van der Waals surface area contributed by atoms with Gasteiger partial charge in [0.05, 0.1) is 19.8 Å². The Balaban J connectivity index is 1.70. The van der Waals surface area contributed by atoms with Gasteiger partial charge in [-0.2, -0.15) is 0 Å². The van der Waals surface area contributed by atoms with E-state index >= 15 is 0 Å². The highest BCUT2D eigenvalue weighted by Gasteiger charge is 2.13. The molecule has 1 heterocycles. The third-order valence-electron chi connectivity index (χ3n) is 4.63. The summed E-state index contributed by atoms with van der Waals surface area (Å²) in [6.07, 6.45) is 1.08. The topological polar surface area (TPSA) is 58.0 Å². The number of morpholine rings is 1. The van der Waals surface area contributed by atoms with E-state index in [-0.39, 0.29) is 5.91 Å². The van der Waals surface area contributed by atoms with E-state index < -0.39 is 0 Å². The van der Waals surface area contributed by atoms with E-state index in [1.165, 1.54) is 0 Å². The first-order valence-corrected chi connectivity index (χ1v) is 9.90. The number of hydrogen-bond acceptors (Lipinski definition) is 3. The minimum atomic E-state index is 0.0628. The number of nitrogens with one attached hydrogen (secondary N) is 3. The van der Waals surface area contributed by atoms with Crippen LogP contribution in [-0.2, 0) is 4.74 Å². The molecule has 7 heteroatoms. The Morgan fingerprint density at radius 1 is 1.19 bits per heavy atom. The lowest BCUT2D eigenvalue weighted by atomic mass is 10.2. The lowest BCUT2D eigenvalue weighted by Gasteiger charge is -2.23. The maximum Gasteiger partial charge on any atom is 0.253 e. The number of amides is 1. The molecule has 0 bridgehead atoms. The molecule has 144 valence electrons. The van der Waals surface area contributed by atoms with E-state index in [9.17, 15) is 4.79 Å². The predicted molar refractivity (Wildman–Crippen MR) is 109 cm³/mol. The minimum Gasteiger partial charge on any atom is -0.370 e. The SMILES string of the molecule is CCN(CC)C(=O)c1ccc(NC(=S)NCCC[NH+]2CCOCC2)cc1. The monoisotopic (exact) mass is 379 g/mol. The number of quaternary nitrogens is 1. The maximum atomic E-state index is 12.3. The number of benzene rings is 1. The molecule has 1 aliphatic rings. The van der Waals surface area contributed by atoms with Gasteiger partial charge in [0.2, 0.25) is 0 Å². The number of nitrogens with zero attached hydrogens (tertiary/aromatic N) is 1. The molecule has 0 atom stereocenters. The zero-order valence-electron chi connectivity index (χ0n) is 15.8. The molecular weight excluding hydrogens is 348 g/mol. The lowest BCUT2D eigenvalue weighted by molar-refractivity contribution is -0.908. The van der Waals surface area contributed by atoms with Crippen LogP contribution in [0, 0.1) is 0 Å². The molecule has 1 fully saturated rings. The average Bonchev–Trinajstić information content (AvgIpc) is 2.67. The van der Waals surface area contributed by atoms with Crippen molar-refractivity contribution >= 4 is 28.9 Å². The van der Waals surface area contributed by atoms with Crippen molar-refractivity contribution in [3.63, 3.8) is 0 Å². The van der Waals surface area contributed by atoms with Gasteiger partial charge in [0.15, 0.2) is 5.11 Å². The first-order chi connectivity index (χ1) is 12.6. The summed E-state index contributed by atoms with van der Waals surface area (Å²) in [5.74, 6) is 0.0628. The van der Waals surface area contributed by atoms with Gasteiger partial charge in [-0.3, -0.25) is 4.79 Å². The van der Waals surface area contributed by atoms with E-state index in [0.29, 0.717) is 10.7 Å². The van der Waals surface area contributed by atoms with Gasteiger partial charge in [-0.1, -0.05) is 0 Å². The number of ether oxygens (including phenoxy) is 1. The predicted octanol–water partition coefficient (Wildman–Crippen LogP) is 0.760. The molecule has 0 aromatic heterocycles. The zero-order chi connectivity index (χ0) is 18.8. The van der Waals surface area contributed by atoms with Crippen LogP contribution in [0.3, 0.4) is 0 Å². The van der Waals surface area contributed by atoms with Gasteiger partial charge < -0.3 is 25.2 Å². The first-order valence-electron chi connectivity index (χ1n) is 9.49. The van der Waals surface area contributed by atoms with Gasteiger partial charge in [-0.25, -0.2) is 0 Å². The van der Waals surface area contributed by atoms with Crippen molar-refractivity contribution in [1.29, 1.82) is 0 Å². The molecular formula is C19H31N4O2S+. The summed E-state index contributed by atoms with van der Waals surface area (Å²) < 4.78 is 5.37. The lowest BCUT2D eigenvalue weighted by Crippen LogP contribution is -3.14. The summed E-state index contributed by atoms with van der Waals surface area (Å²) in [6, 6.07) is 7.46. The van der Waals surface area contributed by atoms with E-state index in [1.54, 1.807) is 4.90 Å². The van der Waals surface area contributed by atoms with Crippen LogP contribution < -0.4 is 15.5 Å². The van der Waals surface area contributed by atoms with E-state index in [0.717, 1.165) is 64.6 Å². The molecule has 1 aromatic carbocycles.